The van der Waals surface area contributed by atoms with E-state index in [4.69, 9.17) is 5.11 Å². The van der Waals surface area contributed by atoms with Gasteiger partial charge in [0.15, 0.2) is 5.75 Å². The summed E-state index contributed by atoms with van der Waals surface area (Å²) in [6.45, 7) is 2.61. The molecule has 0 aliphatic heterocycles. The average Bonchev–Trinajstić information content (AvgIpc) is 2.08. The van der Waals surface area contributed by atoms with E-state index >= 15 is 0 Å². The lowest BCUT2D eigenvalue weighted by molar-refractivity contribution is 0.440. The molecule has 0 amide bonds. The van der Waals surface area contributed by atoms with Crippen molar-refractivity contribution in [3.63, 3.8) is 0 Å². The van der Waals surface area contributed by atoms with E-state index in [9.17, 15) is 4.79 Å². The summed E-state index contributed by atoms with van der Waals surface area (Å²) in [5.74, 6) is -0.235. The molecule has 4 nitrogen and oxygen atoms in total. The van der Waals surface area contributed by atoms with Crippen molar-refractivity contribution in [2.75, 3.05) is 0 Å². The van der Waals surface area contributed by atoms with Crippen LogP contribution in [0.3, 0.4) is 0 Å². The van der Waals surface area contributed by atoms with E-state index in [-0.39, 0.29) is 5.75 Å². The second-order valence-corrected chi connectivity index (χ2v) is 2.60. The molecular formula is C8H12N2O2. The van der Waals surface area contributed by atoms with Gasteiger partial charge in [0.25, 0.3) is 0 Å². The summed E-state index contributed by atoms with van der Waals surface area (Å²) in [6.07, 6.45) is 3.33. The van der Waals surface area contributed by atoms with Crippen LogP contribution in [0, 0.1) is 0 Å². The van der Waals surface area contributed by atoms with Crippen molar-refractivity contribution < 1.29 is 5.11 Å². The van der Waals surface area contributed by atoms with E-state index in [0.717, 1.165) is 12.8 Å². The van der Waals surface area contributed by atoms with Gasteiger partial charge in [0.1, 0.15) is 0 Å². The van der Waals surface area contributed by atoms with Gasteiger partial charge < -0.3 is 5.11 Å². The Morgan fingerprint density at radius 1 is 1.67 bits per heavy atom. The first-order valence-electron chi connectivity index (χ1n) is 4.00. The maximum atomic E-state index is 11.1. The van der Waals surface area contributed by atoms with Crippen LogP contribution in [0.2, 0.25) is 0 Å². The molecular weight excluding hydrogens is 156 g/mol. The molecule has 1 aromatic heterocycles. The second kappa shape index (κ2) is 3.90. The Bertz CT molecular complexity index is 306. The molecule has 0 aromatic carbocycles. The topological polar surface area (TPSA) is 55.1 Å². The van der Waals surface area contributed by atoms with Gasteiger partial charge in [-0.1, -0.05) is 13.3 Å². The summed E-state index contributed by atoms with van der Waals surface area (Å²) in [4.78, 5) is 11.1. The largest absolute Gasteiger partial charge is 0.503 e. The Balaban J connectivity index is 2.85. The number of hydrogen-bond donors (Lipinski definition) is 1. The number of aryl methyl sites for hydroxylation is 1. The fourth-order valence-corrected chi connectivity index (χ4v) is 0.908. The van der Waals surface area contributed by atoms with Crippen LogP contribution in [0.25, 0.3) is 0 Å². The molecule has 12 heavy (non-hydrogen) atoms. The van der Waals surface area contributed by atoms with Crippen molar-refractivity contribution in [2.24, 2.45) is 0 Å². The van der Waals surface area contributed by atoms with E-state index in [1.54, 1.807) is 0 Å². The smallest absolute Gasteiger partial charge is 0.308 e. The Morgan fingerprint density at radius 2 is 2.42 bits per heavy atom. The van der Waals surface area contributed by atoms with Crippen molar-refractivity contribution in [1.29, 1.82) is 0 Å². The Labute approximate surface area is 70.5 Å². The zero-order valence-corrected chi connectivity index (χ0v) is 7.03. The highest BCUT2D eigenvalue weighted by Crippen LogP contribution is 1.96. The monoisotopic (exact) mass is 168 g/mol. The van der Waals surface area contributed by atoms with Crippen molar-refractivity contribution in [2.45, 2.75) is 26.3 Å². The fourth-order valence-electron chi connectivity index (χ4n) is 0.908. The fraction of sp³-hybridized carbons (Fsp3) is 0.500. The first kappa shape index (κ1) is 8.77. The molecule has 0 aliphatic rings. The van der Waals surface area contributed by atoms with E-state index in [1.165, 1.54) is 16.9 Å². The number of aromatic hydroxyl groups is 1. The quantitative estimate of drug-likeness (QED) is 0.724. The van der Waals surface area contributed by atoms with Crippen LogP contribution in [0.4, 0.5) is 0 Å². The molecule has 1 N–H and O–H groups in total. The van der Waals surface area contributed by atoms with Crippen LogP contribution < -0.4 is 5.56 Å². The molecule has 0 unspecified atom stereocenters. The molecule has 0 radical (unpaired) electrons. The highest BCUT2D eigenvalue weighted by molar-refractivity contribution is 5.11. The maximum absolute atomic E-state index is 11.1. The number of hydrogen-bond acceptors (Lipinski definition) is 3. The maximum Gasteiger partial charge on any atom is 0.308 e. The Kier molecular flexibility index (Phi) is 2.85. The molecule has 0 saturated heterocycles. The van der Waals surface area contributed by atoms with Gasteiger partial charge >= 0.3 is 5.56 Å². The highest BCUT2D eigenvalue weighted by atomic mass is 16.3. The molecule has 0 aliphatic carbocycles. The third kappa shape index (κ3) is 1.84. The summed E-state index contributed by atoms with van der Waals surface area (Å²) in [7, 11) is 0. The number of rotatable bonds is 3. The lowest BCUT2D eigenvalue weighted by Gasteiger charge is -2.01. The Morgan fingerprint density at radius 3 is 3.08 bits per heavy atom. The van der Waals surface area contributed by atoms with Crippen LogP contribution in [0.15, 0.2) is 17.1 Å². The third-order valence-electron chi connectivity index (χ3n) is 1.62. The van der Waals surface area contributed by atoms with Crippen molar-refractivity contribution in [3.05, 3.63) is 22.6 Å². The van der Waals surface area contributed by atoms with Gasteiger partial charge in [0.05, 0.1) is 6.20 Å². The SMILES string of the molecule is CCCCn1nccc(O)c1=O. The molecule has 0 atom stereocenters. The number of unbranched alkanes of at least 4 members (excludes halogenated alkanes) is 1. The van der Waals surface area contributed by atoms with E-state index < -0.39 is 5.56 Å². The standard InChI is InChI=1S/C8H12N2O2/c1-2-3-6-10-8(12)7(11)4-5-9-10/h4-5,11H,2-3,6H2,1H3. The molecule has 0 fully saturated rings. The van der Waals surface area contributed by atoms with Gasteiger partial charge in [-0.05, 0) is 6.42 Å². The van der Waals surface area contributed by atoms with Gasteiger partial charge in [-0.15, -0.1) is 0 Å². The first-order chi connectivity index (χ1) is 5.75. The zero-order chi connectivity index (χ0) is 8.97. The molecule has 1 rings (SSSR count). The van der Waals surface area contributed by atoms with Crippen LogP contribution >= 0.6 is 0 Å². The zero-order valence-electron chi connectivity index (χ0n) is 7.03. The predicted molar refractivity (Wildman–Crippen MR) is 45.1 cm³/mol. The number of aromatic nitrogens is 2. The molecule has 1 heterocycles. The third-order valence-corrected chi connectivity index (χ3v) is 1.62. The summed E-state index contributed by atoms with van der Waals surface area (Å²) in [5, 5.41) is 12.8. The summed E-state index contributed by atoms with van der Waals surface area (Å²) >= 11 is 0. The summed E-state index contributed by atoms with van der Waals surface area (Å²) < 4.78 is 1.28. The molecule has 0 saturated carbocycles. The normalized spacial score (nSPS) is 10.1. The summed E-state index contributed by atoms with van der Waals surface area (Å²) in [5.41, 5.74) is -0.411. The van der Waals surface area contributed by atoms with Gasteiger partial charge in [0.2, 0.25) is 0 Å². The second-order valence-electron chi connectivity index (χ2n) is 2.60. The van der Waals surface area contributed by atoms with Gasteiger partial charge in [-0.2, -0.15) is 5.10 Å². The predicted octanol–water partition coefficient (Wildman–Crippen LogP) is 0.749. The van der Waals surface area contributed by atoms with Gasteiger partial charge in [-0.25, -0.2) is 4.68 Å². The molecule has 0 spiro atoms. The minimum absolute atomic E-state index is 0.235. The van der Waals surface area contributed by atoms with Gasteiger partial charge in [0, 0.05) is 12.6 Å². The minimum atomic E-state index is -0.411. The van der Waals surface area contributed by atoms with Crippen molar-refractivity contribution in [3.8, 4) is 5.75 Å². The van der Waals surface area contributed by atoms with E-state index in [0.29, 0.717) is 6.54 Å². The van der Waals surface area contributed by atoms with Crippen LogP contribution in [0.1, 0.15) is 19.8 Å². The van der Waals surface area contributed by atoms with E-state index in [2.05, 4.69) is 5.10 Å². The highest BCUT2D eigenvalue weighted by Gasteiger charge is 1.99. The Hall–Kier alpha value is -1.32. The minimum Gasteiger partial charge on any atom is -0.503 e. The molecule has 0 bridgehead atoms. The van der Waals surface area contributed by atoms with Crippen molar-refractivity contribution >= 4 is 0 Å². The lowest BCUT2D eigenvalue weighted by atomic mass is 10.3. The first-order valence-corrected chi connectivity index (χ1v) is 4.00. The molecule has 1 aromatic rings. The van der Waals surface area contributed by atoms with Crippen LogP contribution in [-0.4, -0.2) is 14.9 Å². The van der Waals surface area contributed by atoms with Crippen LogP contribution in [0.5, 0.6) is 5.75 Å². The van der Waals surface area contributed by atoms with Gasteiger partial charge in [-0.3, -0.25) is 4.79 Å². The number of nitrogens with zero attached hydrogens (tertiary/aromatic N) is 2. The molecule has 66 valence electrons. The molecule has 4 heteroatoms. The van der Waals surface area contributed by atoms with Crippen LogP contribution in [-0.2, 0) is 6.54 Å². The average molecular weight is 168 g/mol. The van der Waals surface area contributed by atoms with E-state index in [1.807, 2.05) is 6.92 Å². The van der Waals surface area contributed by atoms with Crippen molar-refractivity contribution in [1.82, 2.24) is 9.78 Å². The lowest BCUT2D eigenvalue weighted by Crippen LogP contribution is -2.21. The summed E-state index contributed by atoms with van der Waals surface area (Å²) in [6, 6.07) is 1.30.